The number of amides is 1. The first-order valence-corrected chi connectivity index (χ1v) is 6.83. The fourth-order valence-electron chi connectivity index (χ4n) is 1.71. The fraction of sp³-hybridized carbons (Fsp3) is 0.467. The number of benzene rings is 1. The van der Waals surface area contributed by atoms with Crippen molar-refractivity contribution in [1.29, 1.82) is 0 Å². The van der Waals surface area contributed by atoms with Crippen molar-refractivity contribution in [2.45, 2.75) is 39.2 Å². The Bertz CT molecular complexity index is 468. The van der Waals surface area contributed by atoms with Crippen molar-refractivity contribution in [2.24, 2.45) is 4.99 Å². The van der Waals surface area contributed by atoms with Gasteiger partial charge in [-0.3, -0.25) is 0 Å². The predicted molar refractivity (Wildman–Crippen MR) is 76.6 cm³/mol. The van der Waals surface area contributed by atoms with Crippen molar-refractivity contribution in [2.75, 3.05) is 6.61 Å². The van der Waals surface area contributed by atoms with E-state index in [0.717, 1.165) is 31.2 Å². The Morgan fingerprint density at radius 2 is 2.20 bits per heavy atom. The predicted octanol–water partition coefficient (Wildman–Crippen LogP) is 3.46. The molecule has 1 aromatic rings. The summed E-state index contributed by atoms with van der Waals surface area (Å²) in [6, 6.07) is 7.02. The number of ether oxygens (including phenoxy) is 1. The van der Waals surface area contributed by atoms with Crippen LogP contribution in [0.15, 0.2) is 29.3 Å². The second-order valence-electron chi connectivity index (χ2n) is 4.42. The molecule has 0 bridgehead atoms. The summed E-state index contributed by atoms with van der Waals surface area (Å²) in [5.74, 6) is 0. The van der Waals surface area contributed by atoms with E-state index in [1.54, 1.807) is 18.2 Å². The summed E-state index contributed by atoms with van der Waals surface area (Å²) >= 11 is 0. The summed E-state index contributed by atoms with van der Waals surface area (Å²) in [6.45, 7) is 2.92. The first-order valence-electron chi connectivity index (χ1n) is 6.83. The Kier molecular flexibility index (Phi) is 7.77. The topological polar surface area (TPSA) is 67.8 Å². The van der Waals surface area contributed by atoms with Crippen LogP contribution in [0.4, 0.5) is 10.5 Å². The van der Waals surface area contributed by atoms with Gasteiger partial charge in [0.2, 0.25) is 6.08 Å². The molecule has 0 atom stereocenters. The molecule has 0 saturated heterocycles. The molecule has 0 aliphatic rings. The molecule has 1 N–H and O–H groups in total. The molecule has 0 aliphatic carbocycles. The fourth-order valence-corrected chi connectivity index (χ4v) is 1.71. The number of hydrogen-bond acceptors (Lipinski definition) is 4. The third-order valence-electron chi connectivity index (χ3n) is 2.75. The molecule has 0 aliphatic heterocycles. The molecule has 0 fully saturated rings. The molecular formula is C15H20N2O3. The normalized spacial score (nSPS) is 9.65. The molecule has 0 unspecified atom stereocenters. The van der Waals surface area contributed by atoms with Crippen molar-refractivity contribution in [3.8, 4) is 0 Å². The van der Waals surface area contributed by atoms with Crippen LogP contribution in [0.3, 0.4) is 0 Å². The molecule has 0 spiro atoms. The van der Waals surface area contributed by atoms with Gasteiger partial charge in [-0.05, 0) is 24.1 Å². The summed E-state index contributed by atoms with van der Waals surface area (Å²) in [7, 11) is 0. The molecule has 1 rings (SSSR count). The Morgan fingerprint density at radius 1 is 1.35 bits per heavy atom. The van der Waals surface area contributed by atoms with E-state index in [-0.39, 0.29) is 0 Å². The van der Waals surface area contributed by atoms with Gasteiger partial charge in [0.15, 0.2) is 0 Å². The van der Waals surface area contributed by atoms with Crippen molar-refractivity contribution < 1.29 is 14.3 Å². The minimum atomic E-state index is -0.425. The number of unbranched alkanes of at least 4 members (excludes halogenated alkanes) is 3. The van der Waals surface area contributed by atoms with Crippen molar-refractivity contribution in [1.82, 2.24) is 5.32 Å². The van der Waals surface area contributed by atoms with Crippen LogP contribution in [0.1, 0.15) is 38.2 Å². The first-order chi connectivity index (χ1) is 9.76. The van der Waals surface area contributed by atoms with Gasteiger partial charge in [-0.25, -0.2) is 9.59 Å². The zero-order valence-corrected chi connectivity index (χ0v) is 11.7. The van der Waals surface area contributed by atoms with Crippen LogP contribution in [0, 0.1) is 0 Å². The molecule has 0 aromatic heterocycles. The SMILES string of the molecule is CCCCCCOC(=O)NCc1cccc(N=C=O)c1. The maximum Gasteiger partial charge on any atom is 0.407 e. The number of nitrogens with zero attached hydrogens (tertiary/aromatic N) is 1. The summed E-state index contributed by atoms with van der Waals surface area (Å²) in [5, 5.41) is 2.66. The lowest BCUT2D eigenvalue weighted by atomic mass is 10.2. The van der Waals surface area contributed by atoms with E-state index in [4.69, 9.17) is 4.74 Å². The highest BCUT2D eigenvalue weighted by Crippen LogP contribution is 2.13. The van der Waals surface area contributed by atoms with E-state index in [0.29, 0.717) is 18.8 Å². The van der Waals surface area contributed by atoms with Gasteiger partial charge >= 0.3 is 6.09 Å². The number of aliphatic imine (C=N–C) groups is 1. The second-order valence-corrected chi connectivity index (χ2v) is 4.42. The smallest absolute Gasteiger partial charge is 0.407 e. The number of rotatable bonds is 8. The number of isocyanates is 1. The highest BCUT2D eigenvalue weighted by atomic mass is 16.5. The van der Waals surface area contributed by atoms with Gasteiger partial charge in [0.1, 0.15) is 0 Å². The highest BCUT2D eigenvalue weighted by molar-refractivity contribution is 5.67. The molecule has 1 amide bonds. The zero-order chi connectivity index (χ0) is 14.6. The lowest BCUT2D eigenvalue weighted by molar-refractivity contribution is 0.143. The molecule has 1 aromatic carbocycles. The van der Waals surface area contributed by atoms with Gasteiger partial charge in [0.05, 0.1) is 12.3 Å². The lowest BCUT2D eigenvalue weighted by Crippen LogP contribution is -2.24. The van der Waals surface area contributed by atoms with Gasteiger partial charge in [-0.15, -0.1) is 0 Å². The van der Waals surface area contributed by atoms with Crippen LogP contribution >= 0.6 is 0 Å². The third-order valence-corrected chi connectivity index (χ3v) is 2.75. The summed E-state index contributed by atoms with van der Waals surface area (Å²) < 4.78 is 5.05. The van der Waals surface area contributed by atoms with Gasteiger partial charge in [-0.2, -0.15) is 4.99 Å². The van der Waals surface area contributed by atoms with E-state index in [9.17, 15) is 9.59 Å². The average Bonchev–Trinajstić information content (AvgIpc) is 2.46. The van der Waals surface area contributed by atoms with Crippen LogP contribution in [0.2, 0.25) is 0 Å². The molecule has 5 nitrogen and oxygen atoms in total. The Morgan fingerprint density at radius 3 is 2.95 bits per heavy atom. The Labute approximate surface area is 119 Å². The van der Waals surface area contributed by atoms with E-state index in [2.05, 4.69) is 17.2 Å². The zero-order valence-electron chi connectivity index (χ0n) is 11.7. The van der Waals surface area contributed by atoms with Crippen molar-refractivity contribution in [3.63, 3.8) is 0 Å². The van der Waals surface area contributed by atoms with Gasteiger partial charge < -0.3 is 10.1 Å². The number of alkyl carbamates (subject to hydrolysis) is 1. The summed E-state index contributed by atoms with van der Waals surface area (Å²) in [6.07, 6.45) is 5.35. The lowest BCUT2D eigenvalue weighted by Gasteiger charge is -2.07. The van der Waals surface area contributed by atoms with E-state index >= 15 is 0 Å². The summed E-state index contributed by atoms with van der Waals surface area (Å²) in [4.78, 5) is 25.1. The van der Waals surface area contributed by atoms with E-state index in [1.165, 1.54) is 6.08 Å². The monoisotopic (exact) mass is 276 g/mol. The van der Waals surface area contributed by atoms with Crippen molar-refractivity contribution in [3.05, 3.63) is 29.8 Å². The molecule has 0 heterocycles. The van der Waals surface area contributed by atoms with Crippen LogP contribution < -0.4 is 5.32 Å². The standard InChI is InChI=1S/C15H20N2O3/c1-2-3-4-5-9-20-15(19)16-11-13-7-6-8-14(10-13)17-12-18/h6-8,10H,2-5,9,11H2,1H3,(H,16,19). The van der Waals surface area contributed by atoms with Crippen LogP contribution in [-0.2, 0) is 16.1 Å². The molecular weight excluding hydrogens is 256 g/mol. The number of carbonyl (C=O) groups is 1. The number of carbonyl (C=O) groups excluding carboxylic acids is 2. The van der Waals surface area contributed by atoms with Gasteiger partial charge in [-0.1, -0.05) is 38.3 Å². The minimum absolute atomic E-state index is 0.343. The van der Waals surface area contributed by atoms with Crippen LogP contribution in [0.5, 0.6) is 0 Å². The van der Waals surface area contributed by atoms with Crippen LogP contribution in [-0.4, -0.2) is 18.8 Å². The largest absolute Gasteiger partial charge is 0.450 e. The van der Waals surface area contributed by atoms with Gasteiger partial charge in [0.25, 0.3) is 0 Å². The Balaban J connectivity index is 2.26. The maximum atomic E-state index is 11.4. The average molecular weight is 276 g/mol. The second kappa shape index (κ2) is 9.75. The molecule has 0 radical (unpaired) electrons. The number of nitrogens with one attached hydrogen (secondary N) is 1. The van der Waals surface area contributed by atoms with Crippen molar-refractivity contribution >= 4 is 17.9 Å². The van der Waals surface area contributed by atoms with E-state index < -0.39 is 6.09 Å². The van der Waals surface area contributed by atoms with Gasteiger partial charge in [0, 0.05) is 6.54 Å². The minimum Gasteiger partial charge on any atom is -0.450 e. The quantitative estimate of drug-likeness (QED) is 0.449. The summed E-state index contributed by atoms with van der Waals surface area (Å²) in [5.41, 5.74) is 1.37. The molecule has 108 valence electrons. The Hall–Kier alpha value is -2.13. The maximum absolute atomic E-state index is 11.4. The highest BCUT2D eigenvalue weighted by Gasteiger charge is 2.02. The van der Waals surface area contributed by atoms with E-state index in [1.807, 2.05) is 6.07 Å². The molecule has 5 heteroatoms. The molecule has 20 heavy (non-hydrogen) atoms. The van der Waals surface area contributed by atoms with Crippen LogP contribution in [0.25, 0.3) is 0 Å². The molecule has 0 saturated carbocycles. The third kappa shape index (κ3) is 6.71. The number of hydrogen-bond donors (Lipinski definition) is 1. The first kappa shape index (κ1) is 15.9.